The summed E-state index contributed by atoms with van der Waals surface area (Å²) in [7, 11) is 1.58. The van der Waals surface area contributed by atoms with Crippen LogP contribution in [-0.4, -0.2) is 24.1 Å². The van der Waals surface area contributed by atoms with Crippen LogP contribution in [-0.2, 0) is 0 Å². The number of hydrogen-bond acceptors (Lipinski definition) is 4. The first kappa shape index (κ1) is 10.5. The van der Waals surface area contributed by atoms with Crippen molar-refractivity contribution in [3.8, 4) is 5.75 Å². The van der Waals surface area contributed by atoms with Crippen LogP contribution in [0.25, 0.3) is 0 Å². The molecule has 1 aromatic carbocycles. The van der Waals surface area contributed by atoms with Crippen LogP contribution in [0.15, 0.2) is 29.4 Å². The second-order valence-electron chi connectivity index (χ2n) is 3.01. The van der Waals surface area contributed by atoms with E-state index in [9.17, 15) is 0 Å². The number of nitrogens with zero attached hydrogens (tertiary/aromatic N) is 1. The lowest BCUT2D eigenvalue weighted by atomic mass is 10.1. The van der Waals surface area contributed by atoms with Gasteiger partial charge in [0.15, 0.2) is 0 Å². The zero-order valence-corrected chi connectivity index (χ0v) is 8.27. The van der Waals surface area contributed by atoms with E-state index in [1.54, 1.807) is 20.1 Å². The lowest BCUT2D eigenvalue weighted by molar-refractivity contribution is 0.317. The smallest absolute Gasteiger partial charge is 0.119 e. The van der Waals surface area contributed by atoms with Crippen molar-refractivity contribution >= 4 is 5.71 Å². The Kier molecular flexibility index (Phi) is 3.48. The molecule has 1 rings (SSSR count). The van der Waals surface area contributed by atoms with E-state index in [2.05, 4.69) is 5.16 Å². The first-order valence-corrected chi connectivity index (χ1v) is 4.31. The summed E-state index contributed by atoms with van der Waals surface area (Å²) < 4.78 is 5.05. The predicted molar refractivity (Wildman–Crippen MR) is 55.0 cm³/mol. The molecule has 0 amide bonds. The standard InChI is InChI=1S/C10H14N2O2/c1-7(11)10(12-13)8-4-3-5-9(6-8)14-2/h3-7,13H,11H2,1-2H3/b12-10-. The van der Waals surface area contributed by atoms with E-state index in [1.165, 1.54) is 0 Å². The van der Waals surface area contributed by atoms with Crippen molar-refractivity contribution in [2.45, 2.75) is 13.0 Å². The Labute approximate surface area is 83.0 Å². The normalized spacial score (nSPS) is 13.8. The average molecular weight is 194 g/mol. The molecule has 0 spiro atoms. The molecule has 4 nitrogen and oxygen atoms in total. The Bertz CT molecular complexity index is 335. The highest BCUT2D eigenvalue weighted by Gasteiger charge is 2.09. The molecule has 1 atom stereocenters. The van der Waals surface area contributed by atoms with Crippen molar-refractivity contribution in [1.29, 1.82) is 0 Å². The number of oxime groups is 1. The molecule has 4 heteroatoms. The fourth-order valence-corrected chi connectivity index (χ4v) is 1.19. The van der Waals surface area contributed by atoms with Gasteiger partial charge in [-0.2, -0.15) is 0 Å². The molecule has 3 N–H and O–H groups in total. The molecule has 1 aromatic rings. The van der Waals surface area contributed by atoms with Gasteiger partial charge in [0.25, 0.3) is 0 Å². The minimum absolute atomic E-state index is 0.313. The maximum atomic E-state index is 8.78. The lowest BCUT2D eigenvalue weighted by Gasteiger charge is -2.09. The summed E-state index contributed by atoms with van der Waals surface area (Å²) in [6.45, 7) is 1.76. The van der Waals surface area contributed by atoms with Crippen LogP contribution in [0.3, 0.4) is 0 Å². The highest BCUT2D eigenvalue weighted by atomic mass is 16.5. The van der Waals surface area contributed by atoms with E-state index in [0.717, 1.165) is 5.56 Å². The topological polar surface area (TPSA) is 67.8 Å². The predicted octanol–water partition coefficient (Wildman–Crippen LogP) is 1.22. The van der Waals surface area contributed by atoms with E-state index in [1.807, 2.05) is 18.2 Å². The van der Waals surface area contributed by atoms with Gasteiger partial charge in [-0.25, -0.2) is 0 Å². The van der Waals surface area contributed by atoms with Gasteiger partial charge in [-0.3, -0.25) is 0 Å². The van der Waals surface area contributed by atoms with Crippen LogP contribution in [0.4, 0.5) is 0 Å². The number of benzene rings is 1. The van der Waals surface area contributed by atoms with E-state index in [-0.39, 0.29) is 6.04 Å². The highest BCUT2D eigenvalue weighted by Crippen LogP contribution is 2.14. The molecule has 1 unspecified atom stereocenters. The third kappa shape index (κ3) is 2.23. The third-order valence-corrected chi connectivity index (χ3v) is 1.90. The molecule has 14 heavy (non-hydrogen) atoms. The molecule has 0 saturated heterocycles. The zero-order chi connectivity index (χ0) is 10.6. The van der Waals surface area contributed by atoms with Crippen molar-refractivity contribution < 1.29 is 9.94 Å². The summed E-state index contributed by atoms with van der Waals surface area (Å²) in [4.78, 5) is 0. The molecule has 0 heterocycles. The van der Waals surface area contributed by atoms with Gasteiger partial charge in [-0.15, -0.1) is 0 Å². The second kappa shape index (κ2) is 4.62. The van der Waals surface area contributed by atoms with E-state index in [4.69, 9.17) is 15.7 Å². The number of methoxy groups -OCH3 is 1. The van der Waals surface area contributed by atoms with Gasteiger partial charge in [0.2, 0.25) is 0 Å². The van der Waals surface area contributed by atoms with Crippen LogP contribution in [0, 0.1) is 0 Å². The van der Waals surface area contributed by atoms with Crippen molar-refractivity contribution in [2.75, 3.05) is 7.11 Å². The third-order valence-electron chi connectivity index (χ3n) is 1.90. The van der Waals surface area contributed by atoms with E-state index < -0.39 is 0 Å². The first-order valence-electron chi connectivity index (χ1n) is 4.31. The summed E-state index contributed by atoms with van der Waals surface area (Å²) in [6, 6.07) is 6.92. The Morgan fingerprint density at radius 2 is 2.29 bits per heavy atom. The molecule has 76 valence electrons. The first-order chi connectivity index (χ1) is 6.69. The van der Waals surface area contributed by atoms with Gasteiger partial charge in [0, 0.05) is 11.6 Å². The molecule has 0 aliphatic carbocycles. The quantitative estimate of drug-likeness (QED) is 0.432. The van der Waals surface area contributed by atoms with Crippen molar-refractivity contribution in [2.24, 2.45) is 10.9 Å². The second-order valence-corrected chi connectivity index (χ2v) is 3.01. The Balaban J connectivity index is 3.05. The molecular formula is C10H14N2O2. The molecular weight excluding hydrogens is 180 g/mol. The summed E-state index contributed by atoms with van der Waals surface area (Å²) in [5.41, 5.74) is 6.85. The van der Waals surface area contributed by atoms with Gasteiger partial charge >= 0.3 is 0 Å². The van der Waals surface area contributed by atoms with Gasteiger partial charge in [-0.05, 0) is 19.1 Å². The number of nitrogens with two attached hydrogens (primary N) is 1. The van der Waals surface area contributed by atoms with Crippen molar-refractivity contribution in [1.82, 2.24) is 0 Å². The molecule has 0 saturated carbocycles. The molecule has 0 aromatic heterocycles. The fourth-order valence-electron chi connectivity index (χ4n) is 1.19. The average Bonchev–Trinajstić information content (AvgIpc) is 2.19. The maximum absolute atomic E-state index is 8.78. The van der Waals surface area contributed by atoms with Crippen LogP contribution in [0.2, 0.25) is 0 Å². The van der Waals surface area contributed by atoms with Gasteiger partial charge in [-0.1, -0.05) is 17.3 Å². The fraction of sp³-hybridized carbons (Fsp3) is 0.300. The summed E-state index contributed by atoms with van der Waals surface area (Å²) >= 11 is 0. The summed E-state index contributed by atoms with van der Waals surface area (Å²) in [6.07, 6.45) is 0. The van der Waals surface area contributed by atoms with Crippen molar-refractivity contribution in [3.63, 3.8) is 0 Å². The van der Waals surface area contributed by atoms with Crippen LogP contribution in [0.5, 0.6) is 5.75 Å². The van der Waals surface area contributed by atoms with Crippen molar-refractivity contribution in [3.05, 3.63) is 29.8 Å². The lowest BCUT2D eigenvalue weighted by Crippen LogP contribution is -2.27. The van der Waals surface area contributed by atoms with Crippen LogP contribution < -0.4 is 10.5 Å². The Morgan fingerprint density at radius 1 is 1.57 bits per heavy atom. The molecule has 0 bridgehead atoms. The van der Waals surface area contributed by atoms with Crippen LogP contribution >= 0.6 is 0 Å². The van der Waals surface area contributed by atoms with E-state index >= 15 is 0 Å². The monoisotopic (exact) mass is 194 g/mol. The minimum Gasteiger partial charge on any atom is -0.497 e. The maximum Gasteiger partial charge on any atom is 0.119 e. The minimum atomic E-state index is -0.313. The SMILES string of the molecule is COc1cccc(/C(=N\O)C(C)N)c1. The van der Waals surface area contributed by atoms with Crippen LogP contribution in [0.1, 0.15) is 12.5 Å². The highest BCUT2D eigenvalue weighted by molar-refractivity contribution is 6.03. The molecule has 0 aliphatic rings. The molecule has 0 fully saturated rings. The number of hydrogen-bond donors (Lipinski definition) is 2. The summed E-state index contributed by atoms with van der Waals surface area (Å²) in [5.74, 6) is 0.712. The molecule has 0 aliphatic heterocycles. The number of rotatable bonds is 3. The van der Waals surface area contributed by atoms with Gasteiger partial charge in [0.05, 0.1) is 7.11 Å². The molecule has 0 radical (unpaired) electrons. The van der Waals surface area contributed by atoms with E-state index in [0.29, 0.717) is 11.5 Å². The zero-order valence-electron chi connectivity index (χ0n) is 8.27. The van der Waals surface area contributed by atoms with Gasteiger partial charge < -0.3 is 15.7 Å². The largest absolute Gasteiger partial charge is 0.497 e. The summed E-state index contributed by atoms with van der Waals surface area (Å²) in [5, 5.41) is 11.9. The van der Waals surface area contributed by atoms with Gasteiger partial charge in [0.1, 0.15) is 11.5 Å². The number of ether oxygens (including phenoxy) is 1. The Morgan fingerprint density at radius 3 is 2.79 bits per heavy atom. The Hall–Kier alpha value is -1.55.